The Bertz CT molecular complexity index is 364. The summed E-state index contributed by atoms with van der Waals surface area (Å²) in [5.41, 5.74) is 0. The first-order valence-corrected chi connectivity index (χ1v) is 6.46. The minimum atomic E-state index is -3.60. The molecule has 0 saturated carbocycles. The quantitative estimate of drug-likeness (QED) is 0.723. The summed E-state index contributed by atoms with van der Waals surface area (Å²) in [7, 11) is -3.60. The van der Waals surface area contributed by atoms with Crippen molar-refractivity contribution in [2.45, 2.75) is 45.8 Å². The average Bonchev–Trinajstić information content (AvgIpc) is 1.99. The van der Waals surface area contributed by atoms with E-state index in [0.29, 0.717) is 12.3 Å². The normalized spacial score (nSPS) is 29.6. The zero-order chi connectivity index (χ0) is 11.5. The van der Waals surface area contributed by atoms with Crippen molar-refractivity contribution in [2.24, 2.45) is 5.92 Å². The van der Waals surface area contributed by atoms with Crippen molar-refractivity contribution >= 4 is 10.3 Å². The number of rotatable bonds is 2. The van der Waals surface area contributed by atoms with Gasteiger partial charge in [0.1, 0.15) is 0 Å². The van der Waals surface area contributed by atoms with Gasteiger partial charge in [-0.25, -0.2) is 0 Å². The molecule has 0 spiro atoms. The summed E-state index contributed by atoms with van der Waals surface area (Å²) in [5.74, 6) is 5.95. The van der Waals surface area contributed by atoms with Gasteiger partial charge >= 0.3 is 10.3 Å². The third-order valence-corrected chi connectivity index (χ3v) is 3.20. The predicted octanol–water partition coefficient (Wildman–Crippen LogP) is 1.05. The summed E-state index contributed by atoms with van der Waals surface area (Å²) in [5, 5.41) is 0. The van der Waals surface area contributed by atoms with Gasteiger partial charge in [0.05, 0.1) is 12.1 Å². The van der Waals surface area contributed by atoms with Crippen molar-refractivity contribution in [3.05, 3.63) is 0 Å². The summed E-state index contributed by atoms with van der Waals surface area (Å²) < 4.78 is 30.0. The molecule has 1 fully saturated rings. The fourth-order valence-electron chi connectivity index (χ4n) is 1.66. The topological polar surface area (TPSA) is 55.4 Å². The highest BCUT2D eigenvalue weighted by molar-refractivity contribution is 7.84. The van der Waals surface area contributed by atoms with Crippen LogP contribution in [0.2, 0.25) is 0 Å². The minimum absolute atomic E-state index is 0.248. The van der Waals surface area contributed by atoms with Gasteiger partial charge in [-0.1, -0.05) is 19.8 Å². The van der Waals surface area contributed by atoms with Crippen LogP contribution in [0.1, 0.15) is 33.6 Å². The van der Waals surface area contributed by atoms with E-state index in [2.05, 4.69) is 16.6 Å². The van der Waals surface area contributed by atoms with Crippen LogP contribution in [0.3, 0.4) is 0 Å². The molecule has 4 nitrogen and oxygen atoms in total. The largest absolute Gasteiger partial charge is 0.337 e. The van der Waals surface area contributed by atoms with E-state index in [-0.39, 0.29) is 12.1 Å². The van der Waals surface area contributed by atoms with E-state index in [1.807, 2.05) is 13.8 Å². The molecule has 0 aromatic carbocycles. The van der Waals surface area contributed by atoms with E-state index in [4.69, 9.17) is 4.18 Å². The standard InChI is InChI=1S/C10H17NO3S/c1-4-5-9-7-10(6-8(2)3)14-15(12,13)11-9/h8-11H,6-7H2,1-3H3. The first-order valence-electron chi connectivity index (χ1n) is 5.05. The SMILES string of the molecule is CC#CC1CC(CC(C)C)OS(=O)(=O)N1. The zero-order valence-electron chi connectivity index (χ0n) is 9.28. The van der Waals surface area contributed by atoms with Gasteiger partial charge in [0.2, 0.25) is 0 Å². The lowest BCUT2D eigenvalue weighted by molar-refractivity contribution is 0.145. The molecule has 1 heterocycles. The Morgan fingerprint density at radius 2 is 2.20 bits per heavy atom. The minimum Gasteiger partial charge on any atom is -0.255 e. The van der Waals surface area contributed by atoms with Gasteiger partial charge in [-0.05, 0) is 19.3 Å². The third-order valence-electron chi connectivity index (χ3n) is 2.10. The van der Waals surface area contributed by atoms with Crippen LogP contribution in [0.5, 0.6) is 0 Å². The zero-order valence-corrected chi connectivity index (χ0v) is 10.1. The highest BCUT2D eigenvalue weighted by Crippen LogP contribution is 2.19. The van der Waals surface area contributed by atoms with Crippen molar-refractivity contribution in [3.63, 3.8) is 0 Å². The molecule has 15 heavy (non-hydrogen) atoms. The second kappa shape index (κ2) is 4.97. The monoisotopic (exact) mass is 231 g/mol. The molecule has 0 bridgehead atoms. The van der Waals surface area contributed by atoms with Crippen LogP contribution in [-0.4, -0.2) is 20.6 Å². The summed E-state index contributed by atoms with van der Waals surface area (Å²) in [6.45, 7) is 5.78. The van der Waals surface area contributed by atoms with E-state index in [1.165, 1.54) is 0 Å². The van der Waals surface area contributed by atoms with Gasteiger partial charge in [0.25, 0.3) is 0 Å². The highest BCUT2D eigenvalue weighted by atomic mass is 32.2. The third kappa shape index (κ3) is 4.20. The number of hydrogen-bond donors (Lipinski definition) is 1. The maximum atomic E-state index is 11.3. The molecular weight excluding hydrogens is 214 g/mol. The van der Waals surface area contributed by atoms with E-state index < -0.39 is 10.3 Å². The second-order valence-electron chi connectivity index (χ2n) is 4.10. The second-order valence-corrected chi connectivity index (χ2v) is 5.44. The van der Waals surface area contributed by atoms with Crippen LogP contribution in [0.4, 0.5) is 0 Å². The van der Waals surface area contributed by atoms with Gasteiger partial charge < -0.3 is 0 Å². The molecule has 2 atom stereocenters. The summed E-state index contributed by atoms with van der Waals surface area (Å²) >= 11 is 0. The Labute approximate surface area is 91.7 Å². The smallest absolute Gasteiger partial charge is 0.255 e. The molecule has 1 rings (SSSR count). The first-order chi connectivity index (χ1) is 6.93. The Hall–Kier alpha value is -0.570. The lowest BCUT2D eigenvalue weighted by Crippen LogP contribution is -2.45. The lowest BCUT2D eigenvalue weighted by Gasteiger charge is -2.27. The molecule has 2 unspecified atom stereocenters. The van der Waals surface area contributed by atoms with Crippen molar-refractivity contribution in [2.75, 3.05) is 0 Å². The van der Waals surface area contributed by atoms with Crippen LogP contribution >= 0.6 is 0 Å². The molecule has 0 aliphatic carbocycles. The Morgan fingerprint density at radius 3 is 2.73 bits per heavy atom. The first kappa shape index (κ1) is 12.5. The molecular formula is C10H17NO3S. The van der Waals surface area contributed by atoms with Crippen molar-refractivity contribution < 1.29 is 12.6 Å². The summed E-state index contributed by atoms with van der Waals surface area (Å²) in [6, 6.07) is -0.308. The van der Waals surface area contributed by atoms with Crippen molar-refractivity contribution in [1.82, 2.24) is 4.72 Å². The Morgan fingerprint density at radius 1 is 1.53 bits per heavy atom. The van der Waals surface area contributed by atoms with E-state index in [0.717, 1.165) is 6.42 Å². The van der Waals surface area contributed by atoms with E-state index in [9.17, 15) is 8.42 Å². The molecule has 0 amide bonds. The maximum absolute atomic E-state index is 11.3. The molecule has 1 aliphatic heterocycles. The molecule has 1 aliphatic rings. The van der Waals surface area contributed by atoms with Gasteiger partial charge in [-0.2, -0.15) is 13.1 Å². The van der Waals surface area contributed by atoms with Gasteiger partial charge in [0.15, 0.2) is 0 Å². The lowest BCUT2D eigenvalue weighted by atomic mass is 10.0. The molecule has 0 aromatic rings. The van der Waals surface area contributed by atoms with E-state index >= 15 is 0 Å². The molecule has 0 aromatic heterocycles. The molecule has 5 heteroatoms. The van der Waals surface area contributed by atoms with Gasteiger partial charge in [-0.3, -0.25) is 4.18 Å². The van der Waals surface area contributed by atoms with Crippen molar-refractivity contribution in [1.29, 1.82) is 0 Å². The highest BCUT2D eigenvalue weighted by Gasteiger charge is 2.31. The van der Waals surface area contributed by atoms with Crippen molar-refractivity contribution in [3.8, 4) is 11.8 Å². The Balaban J connectivity index is 2.71. The van der Waals surface area contributed by atoms with Gasteiger partial charge in [0, 0.05) is 6.42 Å². The number of nitrogens with one attached hydrogen (secondary N) is 1. The van der Waals surface area contributed by atoms with Crippen LogP contribution in [0.25, 0.3) is 0 Å². The summed E-state index contributed by atoms with van der Waals surface area (Å²) in [4.78, 5) is 0. The van der Waals surface area contributed by atoms with E-state index in [1.54, 1.807) is 6.92 Å². The number of hydrogen-bond acceptors (Lipinski definition) is 3. The molecule has 86 valence electrons. The van der Waals surface area contributed by atoms with Crippen LogP contribution in [0, 0.1) is 17.8 Å². The Kier molecular flexibility index (Phi) is 4.14. The van der Waals surface area contributed by atoms with Crippen LogP contribution in [0.15, 0.2) is 0 Å². The molecule has 1 saturated heterocycles. The molecule has 1 N–H and O–H groups in total. The average molecular weight is 231 g/mol. The summed E-state index contributed by atoms with van der Waals surface area (Å²) in [6.07, 6.45) is 1.11. The molecule has 0 radical (unpaired) electrons. The predicted molar refractivity (Wildman–Crippen MR) is 58.2 cm³/mol. The fourth-order valence-corrected chi connectivity index (χ4v) is 2.73. The van der Waals surface area contributed by atoms with Crippen LogP contribution < -0.4 is 4.72 Å². The van der Waals surface area contributed by atoms with Gasteiger partial charge in [-0.15, -0.1) is 5.92 Å². The maximum Gasteiger partial charge on any atom is 0.337 e. The van der Waals surface area contributed by atoms with Crippen LogP contribution in [-0.2, 0) is 14.5 Å². The fraction of sp³-hybridized carbons (Fsp3) is 0.800.